The molecule has 0 aliphatic carbocycles. The van der Waals surface area contributed by atoms with Crippen LogP contribution in [-0.4, -0.2) is 19.1 Å². The fourth-order valence-corrected chi connectivity index (χ4v) is 1.83. The fraction of sp³-hybridized carbons (Fsp3) is 0.857. The second kappa shape index (κ2) is 12.7. The van der Waals surface area contributed by atoms with Crippen LogP contribution in [0.25, 0.3) is 0 Å². The molecule has 96 valence electrons. The summed E-state index contributed by atoms with van der Waals surface area (Å²) in [6, 6.07) is 0.520. The van der Waals surface area contributed by atoms with Gasteiger partial charge in [0, 0.05) is 12.6 Å². The molecule has 0 aliphatic heterocycles. The summed E-state index contributed by atoms with van der Waals surface area (Å²) in [5.74, 6) is 0. The van der Waals surface area contributed by atoms with Crippen LogP contribution in [0.15, 0.2) is 12.2 Å². The van der Waals surface area contributed by atoms with Gasteiger partial charge < -0.3 is 11.1 Å². The quantitative estimate of drug-likeness (QED) is 0.419. The summed E-state index contributed by atoms with van der Waals surface area (Å²) in [5.41, 5.74) is 5.75. The van der Waals surface area contributed by atoms with E-state index in [-0.39, 0.29) is 0 Å². The van der Waals surface area contributed by atoms with E-state index in [2.05, 4.69) is 31.3 Å². The predicted octanol–water partition coefficient (Wildman–Crippen LogP) is 3.23. The van der Waals surface area contributed by atoms with Gasteiger partial charge in [-0.3, -0.25) is 0 Å². The summed E-state index contributed by atoms with van der Waals surface area (Å²) < 4.78 is 0. The number of hydrogen-bond acceptors (Lipinski definition) is 2. The van der Waals surface area contributed by atoms with Crippen molar-refractivity contribution in [3.63, 3.8) is 0 Å². The zero-order valence-electron chi connectivity index (χ0n) is 11.2. The maximum atomic E-state index is 5.75. The zero-order chi connectivity index (χ0) is 12.1. The van der Waals surface area contributed by atoms with E-state index in [1.807, 2.05) is 0 Å². The Balaban J connectivity index is 3.36. The molecule has 0 rings (SSSR count). The lowest BCUT2D eigenvalue weighted by Crippen LogP contribution is -2.36. The summed E-state index contributed by atoms with van der Waals surface area (Å²) in [4.78, 5) is 0. The first-order chi connectivity index (χ1) is 7.85. The second-order valence-electron chi connectivity index (χ2n) is 4.45. The first kappa shape index (κ1) is 15.7. The maximum Gasteiger partial charge on any atom is 0.0190 e. The molecule has 3 N–H and O–H groups in total. The van der Waals surface area contributed by atoms with E-state index in [1.54, 1.807) is 0 Å². The van der Waals surface area contributed by atoms with Crippen LogP contribution in [0.4, 0.5) is 0 Å². The van der Waals surface area contributed by atoms with Gasteiger partial charge >= 0.3 is 0 Å². The average molecular weight is 226 g/mol. The highest BCUT2D eigenvalue weighted by Crippen LogP contribution is 2.06. The third-order valence-electron chi connectivity index (χ3n) is 2.92. The number of hydrogen-bond donors (Lipinski definition) is 2. The van der Waals surface area contributed by atoms with E-state index in [1.165, 1.54) is 38.5 Å². The van der Waals surface area contributed by atoms with Crippen LogP contribution in [-0.2, 0) is 0 Å². The van der Waals surface area contributed by atoms with Crippen molar-refractivity contribution in [2.45, 2.75) is 64.8 Å². The molecule has 0 bridgehead atoms. The molecule has 0 saturated heterocycles. The molecule has 0 aromatic carbocycles. The Morgan fingerprint density at radius 3 is 2.56 bits per heavy atom. The number of nitrogens with two attached hydrogens (primary N) is 1. The molecule has 0 aliphatic rings. The third-order valence-corrected chi connectivity index (χ3v) is 2.92. The molecule has 2 heteroatoms. The summed E-state index contributed by atoms with van der Waals surface area (Å²) in [5, 5.41) is 3.52. The van der Waals surface area contributed by atoms with Crippen molar-refractivity contribution >= 4 is 0 Å². The van der Waals surface area contributed by atoms with Crippen molar-refractivity contribution in [3.05, 3.63) is 12.2 Å². The van der Waals surface area contributed by atoms with Gasteiger partial charge in [0.25, 0.3) is 0 Å². The van der Waals surface area contributed by atoms with Crippen molar-refractivity contribution < 1.29 is 0 Å². The van der Waals surface area contributed by atoms with E-state index in [9.17, 15) is 0 Å². The molecule has 0 heterocycles. The highest BCUT2D eigenvalue weighted by Gasteiger charge is 2.03. The van der Waals surface area contributed by atoms with Crippen LogP contribution in [0.5, 0.6) is 0 Å². The highest BCUT2D eigenvalue weighted by atomic mass is 14.9. The Labute approximate surface area is 102 Å². The molecule has 0 saturated carbocycles. The van der Waals surface area contributed by atoms with Crippen LogP contribution in [0.1, 0.15) is 58.8 Å². The number of nitrogens with one attached hydrogen (secondary N) is 1. The van der Waals surface area contributed by atoms with Crippen molar-refractivity contribution in [2.75, 3.05) is 13.1 Å². The molecule has 0 spiro atoms. The minimum atomic E-state index is 0.520. The molecule has 2 nitrogen and oxygen atoms in total. The third kappa shape index (κ3) is 10.2. The van der Waals surface area contributed by atoms with Gasteiger partial charge in [-0.05, 0) is 26.3 Å². The Morgan fingerprint density at radius 2 is 1.94 bits per heavy atom. The first-order valence-corrected chi connectivity index (χ1v) is 6.89. The van der Waals surface area contributed by atoms with Gasteiger partial charge in [-0.25, -0.2) is 0 Å². The Hall–Kier alpha value is -0.340. The minimum Gasteiger partial charge on any atom is -0.329 e. The van der Waals surface area contributed by atoms with E-state index in [4.69, 9.17) is 5.73 Å². The van der Waals surface area contributed by atoms with Gasteiger partial charge in [0.1, 0.15) is 0 Å². The summed E-state index contributed by atoms with van der Waals surface area (Å²) >= 11 is 0. The highest BCUT2D eigenvalue weighted by molar-refractivity contribution is 4.78. The van der Waals surface area contributed by atoms with Crippen LogP contribution >= 0.6 is 0 Å². The van der Waals surface area contributed by atoms with Crippen LogP contribution < -0.4 is 11.1 Å². The number of allylic oxidation sites excluding steroid dienone is 1. The van der Waals surface area contributed by atoms with Gasteiger partial charge in [0.05, 0.1) is 0 Å². The van der Waals surface area contributed by atoms with E-state index in [0.717, 1.165) is 19.5 Å². The Morgan fingerprint density at radius 1 is 1.19 bits per heavy atom. The van der Waals surface area contributed by atoms with Gasteiger partial charge in [0.2, 0.25) is 0 Å². The van der Waals surface area contributed by atoms with Crippen molar-refractivity contribution in [1.29, 1.82) is 0 Å². The lowest BCUT2D eigenvalue weighted by Gasteiger charge is -2.16. The molecular weight excluding hydrogens is 196 g/mol. The van der Waals surface area contributed by atoms with E-state index < -0.39 is 0 Å². The van der Waals surface area contributed by atoms with Crippen molar-refractivity contribution in [3.8, 4) is 0 Å². The summed E-state index contributed by atoms with van der Waals surface area (Å²) in [6.07, 6.45) is 13.4. The molecule has 16 heavy (non-hydrogen) atoms. The zero-order valence-corrected chi connectivity index (χ0v) is 11.2. The van der Waals surface area contributed by atoms with E-state index in [0.29, 0.717) is 6.04 Å². The minimum absolute atomic E-state index is 0.520. The molecule has 0 aromatic rings. The van der Waals surface area contributed by atoms with Crippen LogP contribution in [0.3, 0.4) is 0 Å². The van der Waals surface area contributed by atoms with Gasteiger partial charge in [-0.1, -0.05) is 51.2 Å². The molecule has 0 fully saturated rings. The van der Waals surface area contributed by atoms with Gasteiger partial charge in [-0.2, -0.15) is 0 Å². The molecule has 1 atom stereocenters. The Bertz CT molecular complexity index is 155. The monoisotopic (exact) mass is 226 g/mol. The van der Waals surface area contributed by atoms with Crippen molar-refractivity contribution in [2.24, 2.45) is 5.73 Å². The normalized spacial score (nSPS) is 13.4. The maximum absolute atomic E-state index is 5.75. The molecule has 0 radical (unpaired) electrons. The largest absolute Gasteiger partial charge is 0.329 e. The topological polar surface area (TPSA) is 38.0 Å². The second-order valence-corrected chi connectivity index (χ2v) is 4.45. The molecular formula is C14H30N2. The Kier molecular flexibility index (Phi) is 12.5. The number of unbranched alkanes of at least 4 members (excludes halogenated alkanes) is 4. The van der Waals surface area contributed by atoms with Gasteiger partial charge in [0.15, 0.2) is 0 Å². The molecule has 1 unspecified atom stereocenters. The predicted molar refractivity (Wildman–Crippen MR) is 73.7 cm³/mol. The average Bonchev–Trinajstić information content (AvgIpc) is 2.31. The standard InChI is InChI=1S/C14H30N2/c1-3-5-7-8-9-11-14(13-15)16-12-10-6-4-2/h4,6,14,16H,3,5,7-13,15H2,1-2H3/b6-4+. The lowest BCUT2D eigenvalue weighted by atomic mass is 10.1. The first-order valence-electron chi connectivity index (χ1n) is 6.89. The van der Waals surface area contributed by atoms with E-state index >= 15 is 0 Å². The van der Waals surface area contributed by atoms with Crippen LogP contribution in [0.2, 0.25) is 0 Å². The van der Waals surface area contributed by atoms with Gasteiger partial charge in [-0.15, -0.1) is 0 Å². The van der Waals surface area contributed by atoms with Crippen molar-refractivity contribution in [1.82, 2.24) is 5.32 Å². The summed E-state index contributed by atoms with van der Waals surface area (Å²) in [7, 11) is 0. The molecule has 0 aromatic heterocycles. The molecule has 0 amide bonds. The fourth-order valence-electron chi connectivity index (χ4n) is 1.83. The lowest BCUT2D eigenvalue weighted by molar-refractivity contribution is 0.464. The smallest absolute Gasteiger partial charge is 0.0190 e. The van der Waals surface area contributed by atoms with Crippen LogP contribution in [0, 0.1) is 0 Å². The SMILES string of the molecule is C/C=C/CCNC(CN)CCCCCCC. The number of rotatable bonds is 11. The summed E-state index contributed by atoms with van der Waals surface area (Å²) in [6.45, 7) is 6.14.